The number of aliphatic hydroxyl groups excluding tert-OH is 1. The summed E-state index contributed by atoms with van der Waals surface area (Å²) in [6.45, 7) is 1.38. The maximum Gasteiger partial charge on any atom is 0.203 e. The van der Waals surface area contributed by atoms with Gasteiger partial charge in [0.15, 0.2) is 5.82 Å². The highest BCUT2D eigenvalue weighted by atomic mass is 19.1. The third-order valence-electron chi connectivity index (χ3n) is 2.06. The Bertz CT molecular complexity index is 501. The molecular weight excluding hydrogens is 211 g/mol. The zero-order valence-corrected chi connectivity index (χ0v) is 8.55. The van der Waals surface area contributed by atoms with Gasteiger partial charge in [-0.1, -0.05) is 0 Å². The highest BCUT2D eigenvalue weighted by molar-refractivity contribution is 5.59. The Morgan fingerprint density at radius 1 is 1.19 bits per heavy atom. The van der Waals surface area contributed by atoms with Crippen molar-refractivity contribution < 1.29 is 9.50 Å². The van der Waals surface area contributed by atoms with E-state index in [2.05, 4.69) is 20.4 Å². The minimum atomic E-state index is -0.416. The summed E-state index contributed by atoms with van der Waals surface area (Å²) in [6.07, 6.45) is 0. The quantitative estimate of drug-likeness (QED) is 0.813. The van der Waals surface area contributed by atoms with Crippen LogP contribution in [0.25, 0.3) is 11.4 Å². The molecule has 1 heterocycles. The topological polar surface area (TPSA) is 71.8 Å². The number of rotatable bonds is 2. The first-order valence-electron chi connectivity index (χ1n) is 4.64. The fourth-order valence-corrected chi connectivity index (χ4v) is 1.30. The van der Waals surface area contributed by atoms with Crippen LogP contribution < -0.4 is 0 Å². The molecule has 0 saturated carbocycles. The molecule has 0 aliphatic rings. The van der Waals surface area contributed by atoms with E-state index in [4.69, 9.17) is 5.11 Å². The largest absolute Gasteiger partial charge is 0.392 e. The molecule has 1 N–H and O–H groups in total. The van der Waals surface area contributed by atoms with Crippen molar-refractivity contribution in [2.75, 3.05) is 0 Å². The molecule has 6 heteroatoms. The molecule has 5 nitrogen and oxygen atoms in total. The van der Waals surface area contributed by atoms with Gasteiger partial charge in [-0.05, 0) is 30.7 Å². The summed E-state index contributed by atoms with van der Waals surface area (Å²) in [5.74, 6) is 0.312. The Morgan fingerprint density at radius 3 is 2.50 bits per heavy atom. The fraction of sp³-hybridized carbons (Fsp3) is 0.200. The number of nitrogens with zero attached hydrogens (tertiary/aromatic N) is 4. The monoisotopic (exact) mass is 220 g/mol. The van der Waals surface area contributed by atoms with Crippen LogP contribution in [0.5, 0.6) is 0 Å². The molecule has 1 aromatic carbocycles. The van der Waals surface area contributed by atoms with E-state index in [-0.39, 0.29) is 12.4 Å². The average Bonchev–Trinajstić information content (AvgIpc) is 2.30. The Kier molecular flexibility index (Phi) is 2.82. The molecular formula is C10H9FN4O. The lowest BCUT2D eigenvalue weighted by Crippen LogP contribution is -2.01. The SMILES string of the molecule is Cc1nnc(-c2ccc(F)cc2CO)nn1. The summed E-state index contributed by atoms with van der Waals surface area (Å²) in [5.41, 5.74) is 0.941. The first kappa shape index (κ1) is 10.6. The standard InChI is InChI=1S/C10H9FN4O/c1-6-12-14-10(15-13-6)9-3-2-8(11)4-7(9)5-16/h2-4,16H,5H2,1H3. The zero-order valence-electron chi connectivity index (χ0n) is 8.55. The van der Waals surface area contributed by atoms with Crippen LogP contribution in [0.15, 0.2) is 18.2 Å². The smallest absolute Gasteiger partial charge is 0.203 e. The summed E-state index contributed by atoms with van der Waals surface area (Å²) in [4.78, 5) is 0. The average molecular weight is 220 g/mol. The van der Waals surface area contributed by atoms with E-state index < -0.39 is 5.82 Å². The molecule has 0 aliphatic carbocycles. The van der Waals surface area contributed by atoms with Gasteiger partial charge in [0.1, 0.15) is 5.82 Å². The van der Waals surface area contributed by atoms with E-state index in [1.54, 1.807) is 6.92 Å². The first-order valence-corrected chi connectivity index (χ1v) is 4.64. The van der Waals surface area contributed by atoms with Crippen LogP contribution in [0.1, 0.15) is 11.4 Å². The Morgan fingerprint density at radius 2 is 1.88 bits per heavy atom. The number of hydrogen-bond acceptors (Lipinski definition) is 5. The fourth-order valence-electron chi connectivity index (χ4n) is 1.30. The van der Waals surface area contributed by atoms with Gasteiger partial charge in [0.25, 0.3) is 0 Å². The number of aryl methyl sites for hydroxylation is 1. The summed E-state index contributed by atoms with van der Waals surface area (Å²) in [7, 11) is 0. The molecule has 2 rings (SSSR count). The molecule has 0 saturated heterocycles. The highest BCUT2D eigenvalue weighted by Crippen LogP contribution is 2.20. The van der Waals surface area contributed by atoms with Gasteiger partial charge in [-0.3, -0.25) is 0 Å². The normalized spacial score (nSPS) is 10.4. The molecule has 82 valence electrons. The minimum absolute atomic E-state index is 0.273. The third-order valence-corrected chi connectivity index (χ3v) is 2.06. The lowest BCUT2D eigenvalue weighted by molar-refractivity contribution is 0.281. The second-order valence-electron chi connectivity index (χ2n) is 3.23. The first-order chi connectivity index (χ1) is 7.70. The van der Waals surface area contributed by atoms with Crippen LogP contribution in [0, 0.1) is 12.7 Å². The van der Waals surface area contributed by atoms with Crippen molar-refractivity contribution in [3.63, 3.8) is 0 Å². The molecule has 16 heavy (non-hydrogen) atoms. The maximum absolute atomic E-state index is 12.9. The van der Waals surface area contributed by atoms with Crippen LogP contribution >= 0.6 is 0 Å². The van der Waals surface area contributed by atoms with Crippen LogP contribution in [0.2, 0.25) is 0 Å². The van der Waals surface area contributed by atoms with Crippen molar-refractivity contribution in [2.45, 2.75) is 13.5 Å². The molecule has 0 unspecified atom stereocenters. The zero-order chi connectivity index (χ0) is 11.5. The summed E-state index contributed by atoms with van der Waals surface area (Å²) in [6, 6.07) is 4.01. The van der Waals surface area contributed by atoms with Crippen molar-refractivity contribution in [2.24, 2.45) is 0 Å². The van der Waals surface area contributed by atoms with Crippen molar-refractivity contribution in [1.29, 1.82) is 0 Å². The predicted octanol–water partition coefficient (Wildman–Crippen LogP) is 0.873. The Labute approximate surface area is 91.0 Å². The lowest BCUT2D eigenvalue weighted by atomic mass is 10.1. The molecule has 1 aromatic heterocycles. The van der Waals surface area contributed by atoms with Gasteiger partial charge in [0.05, 0.1) is 6.61 Å². The van der Waals surface area contributed by atoms with E-state index in [0.29, 0.717) is 17.0 Å². The van der Waals surface area contributed by atoms with E-state index in [0.717, 1.165) is 0 Å². The van der Waals surface area contributed by atoms with Gasteiger partial charge in [-0.2, -0.15) is 0 Å². The van der Waals surface area contributed by atoms with Gasteiger partial charge in [0, 0.05) is 5.56 Å². The summed E-state index contributed by atoms with van der Waals surface area (Å²) < 4.78 is 12.9. The number of aliphatic hydroxyl groups is 1. The second kappa shape index (κ2) is 4.28. The Balaban J connectivity index is 2.51. The van der Waals surface area contributed by atoms with Gasteiger partial charge in [0.2, 0.25) is 5.82 Å². The van der Waals surface area contributed by atoms with Crippen molar-refractivity contribution in [3.05, 3.63) is 35.4 Å². The van der Waals surface area contributed by atoms with Crippen molar-refractivity contribution in [1.82, 2.24) is 20.4 Å². The molecule has 0 amide bonds. The highest BCUT2D eigenvalue weighted by Gasteiger charge is 2.09. The van der Waals surface area contributed by atoms with Crippen LogP contribution in [-0.2, 0) is 6.61 Å². The summed E-state index contributed by atoms with van der Waals surface area (Å²) >= 11 is 0. The van der Waals surface area contributed by atoms with Crippen LogP contribution in [-0.4, -0.2) is 25.5 Å². The van der Waals surface area contributed by atoms with Gasteiger partial charge in [-0.25, -0.2) is 4.39 Å². The maximum atomic E-state index is 12.9. The molecule has 0 spiro atoms. The van der Waals surface area contributed by atoms with E-state index in [1.165, 1.54) is 18.2 Å². The molecule has 0 fully saturated rings. The van der Waals surface area contributed by atoms with Crippen molar-refractivity contribution >= 4 is 0 Å². The molecule has 0 bridgehead atoms. The number of benzene rings is 1. The minimum Gasteiger partial charge on any atom is -0.392 e. The van der Waals surface area contributed by atoms with Gasteiger partial charge in [-0.15, -0.1) is 20.4 Å². The lowest BCUT2D eigenvalue weighted by Gasteiger charge is -2.04. The van der Waals surface area contributed by atoms with Crippen LogP contribution in [0.4, 0.5) is 4.39 Å². The van der Waals surface area contributed by atoms with E-state index >= 15 is 0 Å². The molecule has 0 atom stereocenters. The Hall–Kier alpha value is -1.95. The summed E-state index contributed by atoms with van der Waals surface area (Å²) in [5, 5.41) is 24.3. The predicted molar refractivity (Wildman–Crippen MR) is 53.7 cm³/mol. The number of halogens is 1. The number of aromatic nitrogens is 4. The van der Waals surface area contributed by atoms with E-state index in [1.807, 2.05) is 0 Å². The van der Waals surface area contributed by atoms with Gasteiger partial charge < -0.3 is 5.11 Å². The number of hydrogen-bond donors (Lipinski definition) is 1. The second-order valence-corrected chi connectivity index (χ2v) is 3.23. The van der Waals surface area contributed by atoms with Crippen molar-refractivity contribution in [3.8, 4) is 11.4 Å². The molecule has 0 radical (unpaired) electrons. The third kappa shape index (κ3) is 2.01. The van der Waals surface area contributed by atoms with Crippen LogP contribution in [0.3, 0.4) is 0 Å². The van der Waals surface area contributed by atoms with E-state index in [9.17, 15) is 4.39 Å². The molecule has 2 aromatic rings. The van der Waals surface area contributed by atoms with Gasteiger partial charge >= 0.3 is 0 Å². The molecule has 0 aliphatic heterocycles.